The van der Waals surface area contributed by atoms with Crippen LogP contribution < -0.4 is 9.80 Å². The fourth-order valence-corrected chi connectivity index (χ4v) is 4.73. The van der Waals surface area contributed by atoms with E-state index >= 15 is 0 Å². The van der Waals surface area contributed by atoms with Gasteiger partial charge in [-0.05, 0) is 67.2 Å². The van der Waals surface area contributed by atoms with Crippen molar-refractivity contribution in [2.75, 3.05) is 22.9 Å². The summed E-state index contributed by atoms with van der Waals surface area (Å²) in [7, 11) is 0. The van der Waals surface area contributed by atoms with E-state index in [2.05, 4.69) is 35.7 Å². The highest BCUT2D eigenvalue weighted by atomic mass is 16.4. The van der Waals surface area contributed by atoms with E-state index in [-0.39, 0.29) is 28.1 Å². The maximum Gasteiger partial charge on any atom is 0.337 e. The van der Waals surface area contributed by atoms with Crippen LogP contribution in [0.2, 0.25) is 0 Å². The highest BCUT2D eigenvalue weighted by Crippen LogP contribution is 2.36. The summed E-state index contributed by atoms with van der Waals surface area (Å²) in [5.41, 5.74) is 3.49. The monoisotopic (exact) mass is 481 g/mol. The van der Waals surface area contributed by atoms with Crippen molar-refractivity contribution in [1.82, 2.24) is 0 Å². The lowest BCUT2D eigenvalue weighted by molar-refractivity contribution is -0.123. The van der Waals surface area contributed by atoms with E-state index in [1.54, 1.807) is 25.1 Å². The van der Waals surface area contributed by atoms with Crippen LogP contribution in [0.25, 0.3) is 10.9 Å². The number of hydrogen-bond donors (Lipinski definition) is 1. The quantitative estimate of drug-likeness (QED) is 0.350. The molecule has 0 radical (unpaired) electrons. The zero-order chi connectivity index (χ0) is 26.0. The second-order valence-corrected chi connectivity index (χ2v) is 8.88. The van der Waals surface area contributed by atoms with E-state index < -0.39 is 17.8 Å². The molecule has 1 unspecified atom stereocenters. The Morgan fingerprint density at radius 1 is 1.17 bits per heavy atom. The van der Waals surface area contributed by atoms with Gasteiger partial charge in [-0.1, -0.05) is 43.4 Å². The fourth-order valence-electron chi connectivity index (χ4n) is 4.73. The highest BCUT2D eigenvalue weighted by molar-refractivity contribution is 6.31. The van der Waals surface area contributed by atoms with Crippen molar-refractivity contribution >= 4 is 35.2 Å². The summed E-state index contributed by atoms with van der Waals surface area (Å²) < 4.78 is 0. The lowest BCUT2D eigenvalue weighted by atomic mass is 9.90. The predicted octanol–water partition coefficient (Wildman–Crippen LogP) is 5.42. The first-order valence-corrected chi connectivity index (χ1v) is 11.9. The van der Waals surface area contributed by atoms with Gasteiger partial charge in [-0.3, -0.25) is 14.5 Å². The Bertz CT molecular complexity index is 1390. The van der Waals surface area contributed by atoms with Crippen LogP contribution in [0.1, 0.15) is 54.6 Å². The number of benzene rings is 2. The average molecular weight is 482 g/mol. The molecule has 1 N–H and O–H groups in total. The summed E-state index contributed by atoms with van der Waals surface area (Å²) in [6, 6.07) is 12.1. The molecule has 2 aliphatic rings. The van der Waals surface area contributed by atoms with E-state index in [0.717, 1.165) is 30.0 Å². The van der Waals surface area contributed by atoms with Crippen molar-refractivity contribution in [1.29, 1.82) is 0 Å². The van der Waals surface area contributed by atoms with Gasteiger partial charge in [0, 0.05) is 24.4 Å². The first-order valence-electron chi connectivity index (χ1n) is 11.9. The number of aromatic carboxylic acids is 1. The molecule has 0 saturated carbocycles. The van der Waals surface area contributed by atoms with Crippen LogP contribution in [0.3, 0.4) is 0 Å². The van der Waals surface area contributed by atoms with Gasteiger partial charge in [-0.25, -0.2) is 9.64 Å². The number of carbonyl (C=O) groups excluding carboxylic acids is 2. The fraction of sp³-hybridized carbons (Fsp3) is 0.241. The molecule has 0 aliphatic carbocycles. The Hall–Kier alpha value is -4.44. The van der Waals surface area contributed by atoms with Crippen molar-refractivity contribution in [3.63, 3.8) is 0 Å². The molecule has 36 heavy (non-hydrogen) atoms. The summed E-state index contributed by atoms with van der Waals surface area (Å²) in [4.78, 5) is 44.6. The molecule has 0 bridgehead atoms. The number of imide groups is 1. The average Bonchev–Trinajstić information content (AvgIpc) is 2.87. The summed E-state index contributed by atoms with van der Waals surface area (Å²) in [5.74, 6) is -2.31. The number of allylic oxidation sites excluding steroid dienone is 2. The van der Waals surface area contributed by atoms with Gasteiger partial charge in [0.1, 0.15) is 0 Å². The molecule has 7 heteroatoms. The molecule has 0 spiro atoms. The molecule has 1 atom stereocenters. The number of amides is 2. The molecule has 2 heterocycles. The number of rotatable bonds is 5. The van der Waals surface area contributed by atoms with Gasteiger partial charge in [0.05, 0.1) is 17.8 Å². The Morgan fingerprint density at radius 3 is 2.61 bits per heavy atom. The SMILES string of the molecule is [C-]#[N+]C1=C(C)/C(=C/C=Cc2ccc3c(c2)C(C)CCN3CC)C(=O)N(c2ccccc2C(=O)O)C1=O. The molecule has 0 fully saturated rings. The summed E-state index contributed by atoms with van der Waals surface area (Å²) in [6.45, 7) is 15.4. The smallest absolute Gasteiger partial charge is 0.337 e. The molecule has 2 aliphatic heterocycles. The van der Waals surface area contributed by atoms with Crippen LogP contribution in [0.5, 0.6) is 0 Å². The third kappa shape index (κ3) is 4.34. The van der Waals surface area contributed by atoms with Gasteiger partial charge < -0.3 is 10.0 Å². The normalized spacial score (nSPS) is 19.2. The third-order valence-electron chi connectivity index (χ3n) is 6.77. The Balaban J connectivity index is 1.72. The van der Waals surface area contributed by atoms with Crippen LogP contribution in [0.15, 0.2) is 71.5 Å². The lowest BCUT2D eigenvalue weighted by Crippen LogP contribution is -2.43. The minimum Gasteiger partial charge on any atom is -0.478 e. The van der Waals surface area contributed by atoms with Gasteiger partial charge in [-0.2, -0.15) is 0 Å². The zero-order valence-corrected chi connectivity index (χ0v) is 20.5. The maximum atomic E-state index is 13.4. The van der Waals surface area contributed by atoms with Crippen molar-refractivity contribution < 1.29 is 19.5 Å². The summed E-state index contributed by atoms with van der Waals surface area (Å²) in [6.07, 6.45) is 6.28. The number of carboxylic acids is 1. The van der Waals surface area contributed by atoms with E-state index in [9.17, 15) is 19.5 Å². The number of nitrogens with zero attached hydrogens (tertiary/aromatic N) is 3. The van der Waals surface area contributed by atoms with Gasteiger partial charge >= 0.3 is 5.97 Å². The van der Waals surface area contributed by atoms with Gasteiger partial charge in [0.2, 0.25) is 0 Å². The second kappa shape index (κ2) is 10.0. The van der Waals surface area contributed by atoms with E-state index in [1.807, 2.05) is 12.1 Å². The molecule has 2 amide bonds. The van der Waals surface area contributed by atoms with Crippen LogP contribution in [-0.2, 0) is 9.59 Å². The second-order valence-electron chi connectivity index (χ2n) is 8.88. The van der Waals surface area contributed by atoms with Crippen molar-refractivity contribution in [2.45, 2.75) is 33.1 Å². The number of para-hydroxylation sites is 1. The molecule has 7 nitrogen and oxygen atoms in total. The number of fused-ring (bicyclic) bond motifs is 1. The molecule has 2 aromatic rings. The van der Waals surface area contributed by atoms with Crippen molar-refractivity contribution in [3.05, 3.63) is 99.6 Å². The molecule has 4 rings (SSSR count). The van der Waals surface area contributed by atoms with Crippen LogP contribution in [0.4, 0.5) is 11.4 Å². The Labute approximate surface area is 210 Å². The van der Waals surface area contributed by atoms with E-state index in [1.165, 1.54) is 29.4 Å². The standard InChI is InChI=1S/C29H27N3O4/c1-5-31-16-15-18(2)23-17-20(13-14-24(23)31)9-8-11-21-19(3)26(30-4)28(34)32(27(21)33)25-12-7-6-10-22(25)29(35)36/h6-14,17-18H,5,15-16H2,1-3H3,(H,35,36)/b9-8?,21-11-. The Morgan fingerprint density at radius 2 is 1.92 bits per heavy atom. The molecule has 2 aromatic carbocycles. The van der Waals surface area contributed by atoms with Gasteiger partial charge in [0.15, 0.2) is 0 Å². The molecular formula is C29H27N3O4. The maximum absolute atomic E-state index is 13.4. The third-order valence-corrected chi connectivity index (χ3v) is 6.77. The van der Waals surface area contributed by atoms with Crippen LogP contribution >= 0.6 is 0 Å². The zero-order valence-electron chi connectivity index (χ0n) is 20.5. The Kier molecular flexibility index (Phi) is 6.89. The first kappa shape index (κ1) is 24.7. The number of anilines is 2. The summed E-state index contributed by atoms with van der Waals surface area (Å²) in [5, 5.41) is 9.56. The molecule has 0 saturated heterocycles. The van der Waals surface area contributed by atoms with Crippen molar-refractivity contribution in [3.8, 4) is 0 Å². The molecule has 0 aromatic heterocycles. The van der Waals surface area contributed by atoms with Crippen molar-refractivity contribution in [2.24, 2.45) is 0 Å². The number of carbonyl (C=O) groups is 3. The molecular weight excluding hydrogens is 454 g/mol. The van der Waals surface area contributed by atoms with Gasteiger partial charge in [-0.15, -0.1) is 0 Å². The lowest BCUT2D eigenvalue weighted by Gasteiger charge is -2.34. The summed E-state index contributed by atoms with van der Waals surface area (Å²) >= 11 is 0. The number of hydrogen-bond acceptors (Lipinski definition) is 4. The van der Waals surface area contributed by atoms with E-state index in [0.29, 0.717) is 5.92 Å². The number of carboxylic acid groups (broad SMARTS) is 1. The molecule has 182 valence electrons. The predicted molar refractivity (Wildman–Crippen MR) is 140 cm³/mol. The topological polar surface area (TPSA) is 82.3 Å². The van der Waals surface area contributed by atoms with Crippen LogP contribution in [-0.4, -0.2) is 36.0 Å². The highest BCUT2D eigenvalue weighted by Gasteiger charge is 2.38. The van der Waals surface area contributed by atoms with E-state index in [4.69, 9.17) is 6.57 Å². The first-order chi connectivity index (χ1) is 17.3. The van der Waals surface area contributed by atoms with Gasteiger partial charge in [0.25, 0.3) is 17.5 Å². The largest absolute Gasteiger partial charge is 0.478 e. The van der Waals surface area contributed by atoms with Crippen LogP contribution in [0, 0.1) is 6.57 Å². The minimum absolute atomic E-state index is 0.0623. The minimum atomic E-state index is -1.27.